The fraction of sp³-hybridized carbons (Fsp3) is 0.750. The lowest BCUT2D eigenvalue weighted by Crippen LogP contribution is -2.59. The Balaban J connectivity index is 2.81. The molecule has 1 fully saturated rings. The van der Waals surface area contributed by atoms with E-state index >= 15 is 0 Å². The molecule has 1 aliphatic carbocycles. The van der Waals surface area contributed by atoms with Crippen molar-refractivity contribution in [1.29, 1.82) is 0 Å². The van der Waals surface area contributed by atoms with Gasteiger partial charge in [-0.05, 0) is 24.6 Å². The number of thiocarbonyl (C=S) groups is 1. The van der Waals surface area contributed by atoms with Gasteiger partial charge in [0.1, 0.15) is 6.10 Å². The van der Waals surface area contributed by atoms with E-state index in [0.717, 1.165) is 0 Å². The van der Waals surface area contributed by atoms with Crippen molar-refractivity contribution in [3.05, 3.63) is 12.7 Å². The molecule has 0 heterocycles. The lowest BCUT2D eigenvalue weighted by molar-refractivity contribution is -0.0834. The first-order chi connectivity index (χ1) is 8.42. The lowest BCUT2D eigenvalue weighted by Gasteiger charge is -2.42. The van der Waals surface area contributed by atoms with Crippen molar-refractivity contribution in [1.82, 2.24) is 10.2 Å². The SMILES string of the molecule is C=CC1CC(CO)C(O)C(O)C1NC(=S)N(C)C. The van der Waals surface area contributed by atoms with Gasteiger partial charge in [0.05, 0.1) is 12.1 Å². The Labute approximate surface area is 113 Å². The first-order valence-corrected chi connectivity index (χ1v) is 6.40. The molecule has 1 aliphatic rings. The summed E-state index contributed by atoms with van der Waals surface area (Å²) in [4.78, 5) is 1.73. The number of hydrogen-bond donors (Lipinski definition) is 4. The first-order valence-electron chi connectivity index (χ1n) is 5.99. The van der Waals surface area contributed by atoms with Crippen molar-refractivity contribution in [3.8, 4) is 0 Å². The van der Waals surface area contributed by atoms with Crippen LogP contribution in [0.2, 0.25) is 0 Å². The molecule has 18 heavy (non-hydrogen) atoms. The van der Waals surface area contributed by atoms with Crippen LogP contribution >= 0.6 is 12.2 Å². The van der Waals surface area contributed by atoms with E-state index in [1.165, 1.54) is 0 Å². The van der Waals surface area contributed by atoms with Crippen LogP contribution in [0, 0.1) is 11.8 Å². The van der Waals surface area contributed by atoms with Crippen molar-refractivity contribution >= 4 is 17.3 Å². The van der Waals surface area contributed by atoms with Crippen LogP contribution in [0.15, 0.2) is 12.7 Å². The molecule has 1 saturated carbocycles. The number of rotatable bonds is 3. The van der Waals surface area contributed by atoms with Gasteiger partial charge in [-0.2, -0.15) is 0 Å². The summed E-state index contributed by atoms with van der Waals surface area (Å²) in [7, 11) is 3.61. The summed E-state index contributed by atoms with van der Waals surface area (Å²) in [5, 5.41) is 32.8. The predicted molar refractivity (Wildman–Crippen MR) is 74.1 cm³/mol. The zero-order valence-electron chi connectivity index (χ0n) is 10.8. The molecule has 0 bridgehead atoms. The Kier molecular flexibility index (Phi) is 5.52. The van der Waals surface area contributed by atoms with Gasteiger partial charge >= 0.3 is 0 Å². The lowest BCUT2D eigenvalue weighted by atomic mass is 9.74. The van der Waals surface area contributed by atoms with E-state index in [4.69, 9.17) is 12.2 Å². The quantitative estimate of drug-likeness (QED) is 0.404. The molecular weight excluding hydrogens is 252 g/mol. The molecule has 4 N–H and O–H groups in total. The number of aliphatic hydroxyl groups excluding tert-OH is 3. The third-order valence-corrected chi connectivity index (χ3v) is 3.95. The van der Waals surface area contributed by atoms with Crippen LogP contribution in [-0.4, -0.2) is 64.3 Å². The molecule has 5 nitrogen and oxygen atoms in total. The minimum atomic E-state index is -0.975. The van der Waals surface area contributed by atoms with Crippen LogP contribution in [0.5, 0.6) is 0 Å². The molecule has 0 aromatic heterocycles. The summed E-state index contributed by atoms with van der Waals surface area (Å²) in [6.07, 6.45) is 0.380. The summed E-state index contributed by atoms with van der Waals surface area (Å²) in [5.41, 5.74) is 0. The molecule has 0 aliphatic heterocycles. The molecule has 0 aromatic rings. The minimum Gasteiger partial charge on any atom is -0.396 e. The largest absolute Gasteiger partial charge is 0.396 e. The topological polar surface area (TPSA) is 76.0 Å². The summed E-state index contributed by atoms with van der Waals surface area (Å²) in [6, 6.07) is -0.379. The zero-order valence-corrected chi connectivity index (χ0v) is 11.6. The number of nitrogens with one attached hydrogen (secondary N) is 1. The minimum absolute atomic E-state index is 0.0431. The van der Waals surface area contributed by atoms with E-state index in [0.29, 0.717) is 11.5 Å². The maximum atomic E-state index is 10.1. The van der Waals surface area contributed by atoms with Crippen LogP contribution in [0.1, 0.15) is 6.42 Å². The summed E-state index contributed by atoms with van der Waals surface area (Å²) in [6.45, 7) is 3.60. The van der Waals surface area contributed by atoms with Crippen molar-refractivity contribution in [2.75, 3.05) is 20.7 Å². The average Bonchev–Trinajstić information content (AvgIpc) is 2.35. The number of aliphatic hydroxyl groups is 3. The van der Waals surface area contributed by atoms with E-state index in [2.05, 4.69) is 11.9 Å². The Morgan fingerprint density at radius 2 is 2.06 bits per heavy atom. The van der Waals surface area contributed by atoms with Gasteiger partial charge in [0, 0.05) is 26.6 Å². The molecule has 0 amide bonds. The summed E-state index contributed by atoms with van der Waals surface area (Å²) < 4.78 is 0. The van der Waals surface area contributed by atoms with Crippen LogP contribution < -0.4 is 5.32 Å². The Morgan fingerprint density at radius 3 is 2.50 bits per heavy atom. The van der Waals surface area contributed by atoms with Crippen molar-refractivity contribution in [3.63, 3.8) is 0 Å². The molecule has 1 rings (SSSR count). The van der Waals surface area contributed by atoms with E-state index in [1.54, 1.807) is 25.1 Å². The Bertz CT molecular complexity index is 312. The molecule has 0 spiro atoms. The molecule has 5 unspecified atom stereocenters. The highest BCUT2D eigenvalue weighted by molar-refractivity contribution is 7.80. The van der Waals surface area contributed by atoms with Gasteiger partial charge in [-0.15, -0.1) is 6.58 Å². The van der Waals surface area contributed by atoms with Crippen molar-refractivity contribution in [2.24, 2.45) is 11.8 Å². The van der Waals surface area contributed by atoms with Gasteiger partial charge in [0.15, 0.2) is 5.11 Å². The Morgan fingerprint density at radius 1 is 1.44 bits per heavy atom. The monoisotopic (exact) mass is 274 g/mol. The predicted octanol–water partition coefficient (Wildman–Crippen LogP) is -0.673. The zero-order chi connectivity index (χ0) is 13.9. The van der Waals surface area contributed by atoms with Crippen LogP contribution in [0.4, 0.5) is 0 Å². The molecular formula is C12H22N2O3S. The van der Waals surface area contributed by atoms with Gasteiger partial charge in [-0.1, -0.05) is 6.08 Å². The van der Waals surface area contributed by atoms with Gasteiger partial charge in [0.25, 0.3) is 0 Å². The van der Waals surface area contributed by atoms with Gasteiger partial charge < -0.3 is 25.5 Å². The fourth-order valence-corrected chi connectivity index (χ4v) is 2.41. The Hall–Kier alpha value is -0.690. The number of nitrogens with zero attached hydrogens (tertiary/aromatic N) is 1. The van der Waals surface area contributed by atoms with E-state index < -0.39 is 12.2 Å². The van der Waals surface area contributed by atoms with Crippen LogP contribution in [0.3, 0.4) is 0 Å². The maximum absolute atomic E-state index is 10.1. The van der Waals surface area contributed by atoms with Gasteiger partial charge in [-0.25, -0.2) is 0 Å². The third-order valence-electron chi connectivity index (χ3n) is 3.47. The second-order valence-electron chi connectivity index (χ2n) is 4.93. The van der Waals surface area contributed by atoms with Gasteiger partial charge in [0.2, 0.25) is 0 Å². The van der Waals surface area contributed by atoms with E-state index in [1.807, 2.05) is 0 Å². The standard InChI is InChI=1S/C12H22N2O3S/c1-4-7-5-8(6-15)10(16)11(17)9(7)13-12(18)14(2)3/h4,7-11,15-17H,1,5-6H2,2-3H3,(H,13,18). The van der Waals surface area contributed by atoms with Crippen molar-refractivity contribution in [2.45, 2.75) is 24.7 Å². The second-order valence-corrected chi connectivity index (χ2v) is 5.32. The third kappa shape index (κ3) is 3.20. The van der Waals surface area contributed by atoms with Crippen LogP contribution in [0.25, 0.3) is 0 Å². The molecule has 0 aromatic carbocycles. The highest BCUT2D eigenvalue weighted by atomic mass is 32.1. The van der Waals surface area contributed by atoms with Crippen LogP contribution in [-0.2, 0) is 0 Å². The van der Waals surface area contributed by atoms with Crippen molar-refractivity contribution < 1.29 is 15.3 Å². The number of hydrogen-bond acceptors (Lipinski definition) is 4. The van der Waals surface area contributed by atoms with E-state index in [9.17, 15) is 15.3 Å². The van der Waals surface area contributed by atoms with E-state index in [-0.39, 0.29) is 24.5 Å². The maximum Gasteiger partial charge on any atom is 0.168 e. The fourth-order valence-electron chi connectivity index (χ4n) is 2.27. The highest BCUT2D eigenvalue weighted by Gasteiger charge is 2.42. The molecule has 5 atom stereocenters. The first kappa shape index (κ1) is 15.4. The highest BCUT2D eigenvalue weighted by Crippen LogP contribution is 2.30. The smallest absolute Gasteiger partial charge is 0.168 e. The molecule has 104 valence electrons. The molecule has 6 heteroatoms. The summed E-state index contributed by atoms with van der Waals surface area (Å²) in [5.74, 6) is -0.368. The average molecular weight is 274 g/mol. The summed E-state index contributed by atoms with van der Waals surface area (Å²) >= 11 is 5.15. The second kappa shape index (κ2) is 6.47. The molecule has 0 saturated heterocycles. The normalized spacial score (nSPS) is 35.9. The molecule has 0 radical (unpaired) electrons. The van der Waals surface area contributed by atoms with Gasteiger partial charge in [-0.3, -0.25) is 0 Å².